The lowest BCUT2D eigenvalue weighted by Gasteiger charge is -2.07. The molecule has 0 saturated carbocycles. The third kappa shape index (κ3) is 3.06. The summed E-state index contributed by atoms with van der Waals surface area (Å²) in [5, 5.41) is 28.0. The van der Waals surface area contributed by atoms with Crippen molar-refractivity contribution in [2.45, 2.75) is 6.54 Å². The molecule has 0 atom stereocenters. The summed E-state index contributed by atoms with van der Waals surface area (Å²) in [4.78, 5) is 22.3. The molecule has 0 aliphatic carbocycles. The van der Waals surface area contributed by atoms with Crippen LogP contribution in [0.4, 0.5) is 5.69 Å². The molecule has 0 bridgehead atoms. The summed E-state index contributed by atoms with van der Waals surface area (Å²) in [5.74, 6) is -1.88. The highest BCUT2D eigenvalue weighted by Crippen LogP contribution is 2.24. The van der Waals surface area contributed by atoms with Gasteiger partial charge in [0.2, 0.25) is 5.91 Å². The van der Waals surface area contributed by atoms with Crippen LogP contribution in [0.2, 0.25) is 0 Å². The van der Waals surface area contributed by atoms with Crippen molar-refractivity contribution in [3.05, 3.63) is 36.2 Å². The minimum atomic E-state index is -1.16. The van der Waals surface area contributed by atoms with Gasteiger partial charge in [-0.15, -0.1) is 5.10 Å². The number of benzene rings is 1. The van der Waals surface area contributed by atoms with E-state index < -0.39 is 11.9 Å². The third-order valence-electron chi connectivity index (χ3n) is 2.30. The number of nitrogens with one attached hydrogen (secondary N) is 1. The van der Waals surface area contributed by atoms with E-state index in [0.29, 0.717) is 0 Å². The van der Waals surface area contributed by atoms with Crippen LogP contribution in [-0.4, -0.2) is 37.1 Å². The number of aromatic hydroxyl groups is 1. The van der Waals surface area contributed by atoms with Gasteiger partial charge in [-0.3, -0.25) is 4.79 Å². The molecular formula is C11H10N4O4. The van der Waals surface area contributed by atoms with Crippen molar-refractivity contribution < 1.29 is 19.8 Å². The van der Waals surface area contributed by atoms with E-state index in [9.17, 15) is 14.7 Å². The second-order valence-corrected chi connectivity index (χ2v) is 3.69. The van der Waals surface area contributed by atoms with Crippen molar-refractivity contribution in [3.63, 3.8) is 0 Å². The highest BCUT2D eigenvalue weighted by atomic mass is 16.4. The van der Waals surface area contributed by atoms with Crippen LogP contribution in [0.3, 0.4) is 0 Å². The summed E-state index contributed by atoms with van der Waals surface area (Å²) in [6.07, 6.45) is 2.96. The maximum absolute atomic E-state index is 11.6. The Morgan fingerprint density at radius 3 is 2.74 bits per heavy atom. The Balaban J connectivity index is 2.07. The van der Waals surface area contributed by atoms with Gasteiger partial charge in [0.25, 0.3) is 0 Å². The number of carbonyl (C=O) groups is 2. The SMILES string of the molecule is O=C(Cn1ccnn1)Nc1ccc(C(=O)O)cc1O. The van der Waals surface area contributed by atoms with Crippen molar-refractivity contribution in [1.29, 1.82) is 0 Å². The summed E-state index contributed by atoms with van der Waals surface area (Å²) in [7, 11) is 0. The number of hydrogen-bond acceptors (Lipinski definition) is 5. The van der Waals surface area contributed by atoms with Crippen LogP contribution in [0.15, 0.2) is 30.6 Å². The van der Waals surface area contributed by atoms with Crippen LogP contribution in [0.1, 0.15) is 10.4 Å². The quantitative estimate of drug-likeness (QED) is 0.683. The number of rotatable bonds is 4. The third-order valence-corrected chi connectivity index (χ3v) is 2.30. The average Bonchev–Trinajstić information content (AvgIpc) is 2.84. The lowest BCUT2D eigenvalue weighted by atomic mass is 10.2. The van der Waals surface area contributed by atoms with Crippen molar-refractivity contribution in [3.8, 4) is 5.75 Å². The van der Waals surface area contributed by atoms with Gasteiger partial charge in [0.1, 0.15) is 12.3 Å². The standard InChI is InChI=1S/C11H10N4O4/c16-9-5-7(11(18)19)1-2-8(9)13-10(17)6-15-4-3-12-14-15/h1-5,16H,6H2,(H,13,17)(H,18,19). The number of amides is 1. The molecule has 19 heavy (non-hydrogen) atoms. The van der Waals surface area contributed by atoms with Crippen LogP contribution in [0.25, 0.3) is 0 Å². The molecule has 3 N–H and O–H groups in total. The Hall–Kier alpha value is -2.90. The number of anilines is 1. The largest absolute Gasteiger partial charge is 0.506 e. The van der Waals surface area contributed by atoms with E-state index in [1.54, 1.807) is 0 Å². The van der Waals surface area contributed by atoms with E-state index in [0.717, 1.165) is 6.07 Å². The van der Waals surface area contributed by atoms with Crippen molar-refractivity contribution in [2.24, 2.45) is 0 Å². The Labute approximate surface area is 107 Å². The molecule has 0 aliphatic heterocycles. The molecule has 0 aliphatic rings. The van der Waals surface area contributed by atoms with Crippen LogP contribution in [0.5, 0.6) is 5.75 Å². The number of nitrogens with zero attached hydrogens (tertiary/aromatic N) is 3. The number of aromatic nitrogens is 3. The van der Waals surface area contributed by atoms with Gasteiger partial charge < -0.3 is 15.5 Å². The van der Waals surface area contributed by atoms with Gasteiger partial charge in [-0.05, 0) is 18.2 Å². The summed E-state index contributed by atoms with van der Waals surface area (Å²) in [5.41, 5.74) is 0.0712. The fraction of sp³-hybridized carbons (Fsp3) is 0.0909. The molecule has 0 unspecified atom stereocenters. The van der Waals surface area contributed by atoms with Crippen molar-refractivity contribution in [1.82, 2.24) is 15.0 Å². The first-order valence-electron chi connectivity index (χ1n) is 5.26. The van der Waals surface area contributed by atoms with Crippen LogP contribution in [-0.2, 0) is 11.3 Å². The summed E-state index contributed by atoms with van der Waals surface area (Å²) >= 11 is 0. The van der Waals surface area contributed by atoms with Crippen molar-refractivity contribution >= 4 is 17.6 Å². The highest BCUT2D eigenvalue weighted by molar-refractivity contribution is 5.94. The number of carbonyl (C=O) groups excluding carboxylic acids is 1. The molecule has 0 fully saturated rings. The van der Waals surface area contributed by atoms with Gasteiger partial charge in [-0.2, -0.15) is 0 Å². The first kappa shape index (κ1) is 12.6. The Morgan fingerprint density at radius 1 is 1.37 bits per heavy atom. The predicted molar refractivity (Wildman–Crippen MR) is 63.7 cm³/mol. The molecule has 2 rings (SSSR count). The molecular weight excluding hydrogens is 252 g/mol. The Morgan fingerprint density at radius 2 is 2.16 bits per heavy atom. The summed E-state index contributed by atoms with van der Waals surface area (Å²) < 4.78 is 1.32. The van der Waals surface area contributed by atoms with Crippen LogP contribution < -0.4 is 5.32 Å². The van der Waals surface area contributed by atoms with Gasteiger partial charge in [0.05, 0.1) is 17.4 Å². The molecule has 1 amide bonds. The van der Waals surface area contributed by atoms with Gasteiger partial charge in [-0.25, -0.2) is 9.48 Å². The zero-order valence-electron chi connectivity index (χ0n) is 9.65. The zero-order chi connectivity index (χ0) is 13.8. The molecule has 8 nitrogen and oxygen atoms in total. The average molecular weight is 262 g/mol. The minimum absolute atomic E-state index is 0.0554. The van der Waals surface area contributed by atoms with E-state index in [2.05, 4.69) is 15.6 Å². The second-order valence-electron chi connectivity index (χ2n) is 3.69. The number of hydrogen-bond donors (Lipinski definition) is 3. The molecule has 2 aromatic rings. The van der Waals surface area contributed by atoms with Gasteiger partial charge in [-0.1, -0.05) is 5.21 Å². The molecule has 1 aromatic heterocycles. The highest BCUT2D eigenvalue weighted by Gasteiger charge is 2.10. The minimum Gasteiger partial charge on any atom is -0.506 e. The van der Waals surface area contributed by atoms with E-state index in [1.807, 2.05) is 0 Å². The molecule has 0 radical (unpaired) electrons. The number of carboxylic acid groups (broad SMARTS) is 1. The van der Waals surface area contributed by atoms with Gasteiger partial charge >= 0.3 is 5.97 Å². The second kappa shape index (κ2) is 5.17. The van der Waals surface area contributed by atoms with Gasteiger partial charge in [0.15, 0.2) is 0 Å². The van der Waals surface area contributed by atoms with Gasteiger partial charge in [0, 0.05) is 6.20 Å². The maximum Gasteiger partial charge on any atom is 0.335 e. The topological polar surface area (TPSA) is 117 Å². The molecule has 8 heteroatoms. The number of aromatic carboxylic acids is 1. The van der Waals surface area contributed by atoms with Crippen molar-refractivity contribution in [2.75, 3.05) is 5.32 Å². The normalized spacial score (nSPS) is 10.1. The molecule has 0 saturated heterocycles. The van der Waals surface area contributed by atoms with Crippen LogP contribution in [0, 0.1) is 0 Å². The fourth-order valence-electron chi connectivity index (χ4n) is 1.42. The maximum atomic E-state index is 11.6. The van der Waals surface area contributed by atoms with E-state index in [4.69, 9.17) is 5.11 Å². The molecule has 0 spiro atoms. The number of phenolic OH excluding ortho intramolecular Hbond substituents is 1. The molecule has 1 aromatic carbocycles. The number of carboxylic acids is 1. The lowest BCUT2D eigenvalue weighted by Crippen LogP contribution is -2.19. The predicted octanol–water partition coefficient (Wildman–Crippen LogP) is 0.321. The summed E-state index contributed by atoms with van der Waals surface area (Å²) in [6, 6.07) is 3.67. The lowest BCUT2D eigenvalue weighted by molar-refractivity contribution is -0.116. The van der Waals surface area contributed by atoms with Crippen LogP contribution >= 0.6 is 0 Å². The Bertz CT molecular complexity index is 609. The summed E-state index contributed by atoms with van der Waals surface area (Å²) in [6.45, 7) is -0.0554. The monoisotopic (exact) mass is 262 g/mol. The fourth-order valence-corrected chi connectivity index (χ4v) is 1.42. The first-order chi connectivity index (χ1) is 9.06. The number of phenols is 1. The molecule has 1 heterocycles. The van der Waals surface area contributed by atoms with E-state index >= 15 is 0 Å². The zero-order valence-corrected chi connectivity index (χ0v) is 9.65. The smallest absolute Gasteiger partial charge is 0.335 e. The molecule has 98 valence electrons. The van der Waals surface area contributed by atoms with E-state index in [1.165, 1.54) is 29.2 Å². The van der Waals surface area contributed by atoms with E-state index in [-0.39, 0.29) is 23.5 Å². The first-order valence-corrected chi connectivity index (χ1v) is 5.26. The Kier molecular flexibility index (Phi) is 3.42.